The molecule has 2 aromatic rings. The van der Waals surface area contributed by atoms with Gasteiger partial charge in [0.25, 0.3) is 0 Å². The molecule has 2 rings (SSSR count). The molecule has 19 heavy (non-hydrogen) atoms. The van der Waals surface area contributed by atoms with Crippen molar-refractivity contribution in [1.82, 2.24) is 4.98 Å². The van der Waals surface area contributed by atoms with Crippen LogP contribution in [0.1, 0.15) is 20.3 Å². The van der Waals surface area contributed by atoms with E-state index in [0.29, 0.717) is 18.3 Å². The van der Waals surface area contributed by atoms with E-state index in [1.165, 1.54) is 0 Å². The Labute approximate surface area is 112 Å². The van der Waals surface area contributed by atoms with E-state index < -0.39 is 6.09 Å². The second-order valence-electron chi connectivity index (χ2n) is 4.65. The minimum Gasteiger partial charge on any atom is -0.449 e. The highest BCUT2D eigenvalue weighted by Crippen LogP contribution is 2.16. The Hall–Kier alpha value is -2.10. The third-order valence-electron chi connectivity index (χ3n) is 3.06. The molecule has 1 amide bonds. The fourth-order valence-corrected chi connectivity index (χ4v) is 1.63. The van der Waals surface area contributed by atoms with E-state index in [2.05, 4.69) is 17.2 Å². The van der Waals surface area contributed by atoms with Crippen molar-refractivity contribution in [3.8, 4) is 0 Å². The molecule has 1 aromatic heterocycles. The average molecular weight is 258 g/mol. The van der Waals surface area contributed by atoms with Crippen LogP contribution >= 0.6 is 0 Å². The third-order valence-corrected chi connectivity index (χ3v) is 3.06. The summed E-state index contributed by atoms with van der Waals surface area (Å²) in [5.41, 5.74) is 0. The molecule has 1 N–H and O–H groups in total. The molecule has 1 unspecified atom stereocenters. The molecule has 0 fully saturated rings. The molecule has 1 aromatic carbocycles. The van der Waals surface area contributed by atoms with Crippen LogP contribution in [0.25, 0.3) is 10.8 Å². The SMILES string of the molecule is CCC(C)COC(=O)Nc1cc2ccccc2cn1. The molecule has 4 heteroatoms. The molecule has 0 saturated heterocycles. The summed E-state index contributed by atoms with van der Waals surface area (Å²) in [5, 5.41) is 4.72. The lowest BCUT2D eigenvalue weighted by molar-refractivity contribution is 0.143. The summed E-state index contributed by atoms with van der Waals surface area (Å²) in [6.07, 6.45) is 2.27. The third kappa shape index (κ3) is 3.68. The van der Waals surface area contributed by atoms with Gasteiger partial charge in [-0.1, -0.05) is 44.5 Å². The average Bonchev–Trinajstić information content (AvgIpc) is 2.44. The first-order valence-corrected chi connectivity index (χ1v) is 6.47. The number of nitrogens with zero attached hydrogens (tertiary/aromatic N) is 1. The van der Waals surface area contributed by atoms with Crippen molar-refractivity contribution in [2.45, 2.75) is 20.3 Å². The molecule has 1 atom stereocenters. The number of carbonyl (C=O) groups excluding carboxylic acids is 1. The summed E-state index contributed by atoms with van der Waals surface area (Å²) in [6.45, 7) is 4.54. The molecule has 0 aliphatic heterocycles. The lowest BCUT2D eigenvalue weighted by Crippen LogP contribution is -2.17. The number of pyridine rings is 1. The molecule has 0 spiro atoms. The number of fused-ring (bicyclic) bond motifs is 1. The van der Waals surface area contributed by atoms with Crippen LogP contribution in [0.2, 0.25) is 0 Å². The monoisotopic (exact) mass is 258 g/mol. The van der Waals surface area contributed by atoms with Crippen LogP contribution < -0.4 is 5.32 Å². The number of aromatic nitrogens is 1. The van der Waals surface area contributed by atoms with Crippen molar-refractivity contribution < 1.29 is 9.53 Å². The minimum atomic E-state index is -0.455. The largest absolute Gasteiger partial charge is 0.449 e. The summed E-state index contributed by atoms with van der Waals surface area (Å²) in [4.78, 5) is 15.8. The van der Waals surface area contributed by atoms with Crippen molar-refractivity contribution in [1.29, 1.82) is 0 Å². The number of rotatable bonds is 4. The van der Waals surface area contributed by atoms with Gasteiger partial charge in [-0.2, -0.15) is 0 Å². The first kappa shape index (κ1) is 13.3. The van der Waals surface area contributed by atoms with Crippen LogP contribution in [0.5, 0.6) is 0 Å². The van der Waals surface area contributed by atoms with E-state index in [1.807, 2.05) is 37.3 Å². The van der Waals surface area contributed by atoms with E-state index in [1.54, 1.807) is 6.20 Å². The number of anilines is 1. The van der Waals surface area contributed by atoms with E-state index in [0.717, 1.165) is 17.2 Å². The topological polar surface area (TPSA) is 51.2 Å². The van der Waals surface area contributed by atoms with Crippen LogP contribution in [0.15, 0.2) is 36.5 Å². The molecule has 0 aliphatic carbocycles. The first-order chi connectivity index (χ1) is 9.19. The van der Waals surface area contributed by atoms with Crippen LogP contribution in [-0.4, -0.2) is 17.7 Å². The molecule has 0 bridgehead atoms. The normalized spacial score (nSPS) is 12.1. The van der Waals surface area contributed by atoms with Crippen molar-refractivity contribution in [2.24, 2.45) is 5.92 Å². The molecular weight excluding hydrogens is 240 g/mol. The van der Waals surface area contributed by atoms with E-state index in [4.69, 9.17) is 4.74 Å². The molecule has 100 valence electrons. The Morgan fingerprint density at radius 3 is 2.84 bits per heavy atom. The Bertz CT molecular complexity index is 569. The van der Waals surface area contributed by atoms with Gasteiger partial charge in [0.1, 0.15) is 5.82 Å². The standard InChI is InChI=1S/C15H18N2O2/c1-3-11(2)10-19-15(18)17-14-8-12-6-4-5-7-13(12)9-16-14/h4-9,11H,3,10H2,1-2H3,(H,16,17,18). The lowest BCUT2D eigenvalue weighted by atomic mass is 10.1. The highest BCUT2D eigenvalue weighted by Gasteiger charge is 2.07. The Balaban J connectivity index is 1.99. The predicted octanol–water partition coefficient (Wildman–Crippen LogP) is 3.83. The van der Waals surface area contributed by atoms with E-state index in [-0.39, 0.29) is 0 Å². The number of hydrogen-bond donors (Lipinski definition) is 1. The zero-order chi connectivity index (χ0) is 13.7. The van der Waals surface area contributed by atoms with Gasteiger partial charge in [0.05, 0.1) is 6.61 Å². The summed E-state index contributed by atoms with van der Waals surface area (Å²) in [7, 11) is 0. The summed E-state index contributed by atoms with van der Waals surface area (Å²) in [6, 6.07) is 9.70. The number of hydrogen-bond acceptors (Lipinski definition) is 3. The van der Waals surface area contributed by atoms with Crippen LogP contribution in [0.4, 0.5) is 10.6 Å². The van der Waals surface area contributed by atoms with Gasteiger partial charge >= 0.3 is 6.09 Å². The predicted molar refractivity (Wildman–Crippen MR) is 76.2 cm³/mol. The Morgan fingerprint density at radius 2 is 2.11 bits per heavy atom. The van der Waals surface area contributed by atoms with Gasteiger partial charge in [-0.3, -0.25) is 5.32 Å². The second kappa shape index (κ2) is 6.18. The Morgan fingerprint density at radius 1 is 1.37 bits per heavy atom. The molecule has 0 saturated carbocycles. The van der Waals surface area contributed by atoms with Crippen molar-refractivity contribution in [3.63, 3.8) is 0 Å². The summed E-state index contributed by atoms with van der Waals surface area (Å²) in [5.74, 6) is 0.878. The molecule has 0 aliphatic rings. The summed E-state index contributed by atoms with van der Waals surface area (Å²) >= 11 is 0. The van der Waals surface area contributed by atoms with Gasteiger partial charge < -0.3 is 4.74 Å². The van der Waals surface area contributed by atoms with Crippen molar-refractivity contribution in [2.75, 3.05) is 11.9 Å². The first-order valence-electron chi connectivity index (χ1n) is 6.47. The van der Waals surface area contributed by atoms with Gasteiger partial charge in [0, 0.05) is 11.6 Å². The maximum absolute atomic E-state index is 11.6. The highest BCUT2D eigenvalue weighted by atomic mass is 16.5. The van der Waals surface area contributed by atoms with Gasteiger partial charge in [-0.25, -0.2) is 9.78 Å². The van der Waals surface area contributed by atoms with Gasteiger partial charge in [0.2, 0.25) is 0 Å². The lowest BCUT2D eigenvalue weighted by Gasteiger charge is -2.10. The van der Waals surface area contributed by atoms with Gasteiger partial charge in [-0.15, -0.1) is 0 Å². The molecular formula is C15H18N2O2. The van der Waals surface area contributed by atoms with Crippen LogP contribution in [0.3, 0.4) is 0 Å². The molecule has 0 radical (unpaired) electrons. The maximum Gasteiger partial charge on any atom is 0.412 e. The van der Waals surface area contributed by atoms with E-state index >= 15 is 0 Å². The van der Waals surface area contributed by atoms with E-state index in [9.17, 15) is 4.79 Å². The number of ether oxygens (including phenoxy) is 1. The maximum atomic E-state index is 11.6. The fraction of sp³-hybridized carbons (Fsp3) is 0.333. The van der Waals surface area contributed by atoms with Crippen molar-refractivity contribution >= 4 is 22.7 Å². The zero-order valence-electron chi connectivity index (χ0n) is 11.2. The second-order valence-corrected chi connectivity index (χ2v) is 4.65. The van der Waals surface area contributed by atoms with Crippen molar-refractivity contribution in [3.05, 3.63) is 36.5 Å². The van der Waals surface area contributed by atoms with Crippen LogP contribution in [0, 0.1) is 5.92 Å². The summed E-state index contributed by atoms with van der Waals surface area (Å²) < 4.78 is 5.12. The quantitative estimate of drug-likeness (QED) is 0.906. The highest BCUT2D eigenvalue weighted by molar-refractivity contribution is 5.89. The fourth-order valence-electron chi connectivity index (χ4n) is 1.63. The smallest absolute Gasteiger partial charge is 0.412 e. The number of benzene rings is 1. The van der Waals surface area contributed by atoms with Crippen LogP contribution in [-0.2, 0) is 4.74 Å². The number of nitrogens with one attached hydrogen (secondary N) is 1. The molecule has 4 nitrogen and oxygen atoms in total. The minimum absolute atomic E-state index is 0.371. The van der Waals surface area contributed by atoms with Gasteiger partial charge in [-0.05, 0) is 17.4 Å². The Kier molecular flexibility index (Phi) is 4.34. The van der Waals surface area contributed by atoms with Gasteiger partial charge in [0.15, 0.2) is 0 Å². The zero-order valence-corrected chi connectivity index (χ0v) is 11.2. The molecule has 1 heterocycles. The number of amides is 1. The number of carbonyl (C=O) groups is 1.